The number of esters is 1. The van der Waals surface area contributed by atoms with Gasteiger partial charge in [0.05, 0.1) is 6.54 Å². The number of benzene rings is 1. The van der Waals surface area contributed by atoms with Crippen LogP contribution in [0.3, 0.4) is 0 Å². The molecule has 0 unspecified atom stereocenters. The first kappa shape index (κ1) is 21.0. The molecule has 1 saturated carbocycles. The van der Waals surface area contributed by atoms with E-state index in [1.807, 2.05) is 0 Å². The van der Waals surface area contributed by atoms with E-state index in [-0.39, 0.29) is 38.1 Å². The van der Waals surface area contributed by atoms with Crippen molar-refractivity contribution < 1.29 is 23.9 Å². The summed E-state index contributed by atoms with van der Waals surface area (Å²) in [6.45, 7) is -0.0580. The molecular formula is C19H25ClN2O5. The zero-order chi connectivity index (χ0) is 19.5. The Morgan fingerprint density at radius 1 is 1.04 bits per heavy atom. The molecular weight excluding hydrogens is 372 g/mol. The van der Waals surface area contributed by atoms with E-state index in [1.165, 1.54) is 0 Å². The van der Waals surface area contributed by atoms with Gasteiger partial charge in [-0.15, -0.1) is 0 Å². The highest BCUT2D eigenvalue weighted by molar-refractivity contribution is 6.30. The van der Waals surface area contributed by atoms with Crippen molar-refractivity contribution in [3.63, 3.8) is 0 Å². The molecule has 148 valence electrons. The van der Waals surface area contributed by atoms with Crippen molar-refractivity contribution in [2.75, 3.05) is 26.3 Å². The first-order valence-corrected chi connectivity index (χ1v) is 9.51. The summed E-state index contributed by atoms with van der Waals surface area (Å²) in [7, 11) is 0. The molecule has 0 bridgehead atoms. The van der Waals surface area contributed by atoms with Gasteiger partial charge in [-0.1, -0.05) is 30.9 Å². The molecule has 27 heavy (non-hydrogen) atoms. The summed E-state index contributed by atoms with van der Waals surface area (Å²) >= 11 is 5.78. The van der Waals surface area contributed by atoms with Crippen LogP contribution in [0.2, 0.25) is 5.02 Å². The Hall–Kier alpha value is -2.28. The first-order valence-electron chi connectivity index (χ1n) is 9.13. The summed E-state index contributed by atoms with van der Waals surface area (Å²) < 4.78 is 10.3. The predicted octanol–water partition coefficient (Wildman–Crippen LogP) is 2.07. The van der Waals surface area contributed by atoms with Crippen LogP contribution in [0.4, 0.5) is 0 Å². The number of amides is 2. The molecule has 0 atom stereocenters. The number of hydrogen-bond donors (Lipinski definition) is 2. The highest BCUT2D eigenvalue weighted by atomic mass is 35.5. The highest BCUT2D eigenvalue weighted by Crippen LogP contribution is 2.23. The summed E-state index contributed by atoms with van der Waals surface area (Å²) in [5.74, 6) is -0.548. The molecule has 2 amide bonds. The minimum Gasteiger partial charge on any atom is -0.492 e. The smallest absolute Gasteiger partial charge is 0.325 e. The number of rotatable bonds is 9. The molecule has 1 aromatic rings. The molecule has 1 aliphatic rings. The monoisotopic (exact) mass is 396 g/mol. The third-order valence-corrected chi connectivity index (χ3v) is 4.51. The Bertz CT molecular complexity index is 629. The second kappa shape index (κ2) is 11.4. The van der Waals surface area contributed by atoms with E-state index in [0.717, 1.165) is 32.1 Å². The first-order chi connectivity index (χ1) is 13.0. The summed E-state index contributed by atoms with van der Waals surface area (Å²) in [5, 5.41) is 5.78. The van der Waals surface area contributed by atoms with Crippen molar-refractivity contribution in [1.82, 2.24) is 10.6 Å². The van der Waals surface area contributed by atoms with Crippen molar-refractivity contribution in [2.24, 2.45) is 5.92 Å². The van der Waals surface area contributed by atoms with Gasteiger partial charge in [0, 0.05) is 10.9 Å². The van der Waals surface area contributed by atoms with Gasteiger partial charge < -0.3 is 20.1 Å². The molecule has 8 heteroatoms. The molecule has 0 saturated heterocycles. The predicted molar refractivity (Wildman–Crippen MR) is 101 cm³/mol. The summed E-state index contributed by atoms with van der Waals surface area (Å²) in [5.41, 5.74) is 0. The van der Waals surface area contributed by atoms with E-state index < -0.39 is 11.9 Å². The minimum absolute atomic E-state index is 0.0181. The lowest BCUT2D eigenvalue weighted by molar-refractivity contribution is -0.148. The normalized spacial score (nSPS) is 14.3. The molecule has 2 N–H and O–H groups in total. The van der Waals surface area contributed by atoms with Crippen molar-refractivity contribution >= 4 is 29.4 Å². The van der Waals surface area contributed by atoms with Gasteiger partial charge >= 0.3 is 5.97 Å². The Kier molecular flexibility index (Phi) is 8.91. The van der Waals surface area contributed by atoms with Crippen LogP contribution in [0.1, 0.15) is 32.1 Å². The van der Waals surface area contributed by atoms with Crippen LogP contribution in [-0.2, 0) is 19.1 Å². The lowest BCUT2D eigenvalue weighted by atomic mass is 9.89. The zero-order valence-corrected chi connectivity index (χ0v) is 15.9. The van der Waals surface area contributed by atoms with Gasteiger partial charge in [0.2, 0.25) is 5.91 Å². The number of nitrogens with one attached hydrogen (secondary N) is 2. The van der Waals surface area contributed by atoms with Crippen molar-refractivity contribution in [3.05, 3.63) is 29.3 Å². The SMILES string of the molecule is O=C(COC(=O)CNC(=O)C1CCCCC1)NCCOc1ccc(Cl)cc1. The molecule has 0 radical (unpaired) electrons. The van der Waals surface area contributed by atoms with Crippen LogP contribution in [0.25, 0.3) is 0 Å². The van der Waals surface area contributed by atoms with Crippen LogP contribution in [0, 0.1) is 5.92 Å². The fraction of sp³-hybridized carbons (Fsp3) is 0.526. The van der Waals surface area contributed by atoms with Crippen LogP contribution >= 0.6 is 11.6 Å². The molecule has 1 fully saturated rings. The Morgan fingerprint density at radius 2 is 1.74 bits per heavy atom. The van der Waals surface area contributed by atoms with Crippen molar-refractivity contribution in [1.29, 1.82) is 0 Å². The number of carbonyl (C=O) groups excluding carboxylic acids is 3. The average molecular weight is 397 g/mol. The maximum atomic E-state index is 11.9. The Labute approximate surface area is 163 Å². The molecule has 2 rings (SSSR count). The Morgan fingerprint density at radius 3 is 2.44 bits per heavy atom. The van der Waals surface area contributed by atoms with E-state index in [2.05, 4.69) is 10.6 Å². The minimum atomic E-state index is -0.633. The number of ether oxygens (including phenoxy) is 2. The largest absolute Gasteiger partial charge is 0.492 e. The van der Waals surface area contributed by atoms with Gasteiger partial charge in [-0.3, -0.25) is 14.4 Å². The molecule has 0 aromatic heterocycles. The Balaban J connectivity index is 1.52. The summed E-state index contributed by atoms with van der Waals surface area (Å²) in [6, 6.07) is 6.88. The zero-order valence-electron chi connectivity index (χ0n) is 15.2. The second-order valence-corrected chi connectivity index (χ2v) is 6.80. The summed E-state index contributed by atoms with van der Waals surface area (Å²) in [4.78, 5) is 35.2. The molecule has 0 spiro atoms. The van der Waals surface area contributed by atoms with Gasteiger partial charge in [0.25, 0.3) is 5.91 Å². The van der Waals surface area contributed by atoms with Gasteiger partial charge in [0.15, 0.2) is 6.61 Å². The van der Waals surface area contributed by atoms with Crippen LogP contribution in [-0.4, -0.2) is 44.1 Å². The summed E-state index contributed by atoms with van der Waals surface area (Å²) in [6.07, 6.45) is 4.98. The van der Waals surface area contributed by atoms with Crippen LogP contribution in [0.5, 0.6) is 5.75 Å². The van der Waals surface area contributed by atoms with Gasteiger partial charge in [0.1, 0.15) is 18.9 Å². The van der Waals surface area contributed by atoms with Gasteiger partial charge in [-0.2, -0.15) is 0 Å². The molecule has 1 aromatic carbocycles. The van der Waals surface area contributed by atoms with Crippen molar-refractivity contribution in [3.8, 4) is 5.75 Å². The molecule has 7 nitrogen and oxygen atoms in total. The highest BCUT2D eigenvalue weighted by Gasteiger charge is 2.21. The quantitative estimate of drug-likeness (QED) is 0.492. The number of carbonyl (C=O) groups is 3. The maximum absolute atomic E-state index is 11.9. The van der Waals surface area contributed by atoms with E-state index in [4.69, 9.17) is 21.1 Å². The molecule has 1 aliphatic carbocycles. The van der Waals surface area contributed by atoms with E-state index in [1.54, 1.807) is 24.3 Å². The molecule has 0 aliphatic heterocycles. The lowest BCUT2D eigenvalue weighted by Gasteiger charge is -2.20. The third kappa shape index (κ3) is 8.30. The van der Waals surface area contributed by atoms with Crippen LogP contribution in [0.15, 0.2) is 24.3 Å². The van der Waals surface area contributed by atoms with E-state index >= 15 is 0 Å². The standard InChI is InChI=1S/C19H25ClN2O5/c20-15-6-8-16(9-7-15)26-11-10-21-17(23)13-27-18(24)12-22-19(25)14-4-2-1-3-5-14/h6-9,14H,1-5,10-13H2,(H,21,23)(H,22,25). The van der Waals surface area contributed by atoms with Gasteiger partial charge in [-0.05, 0) is 37.1 Å². The average Bonchev–Trinajstić information content (AvgIpc) is 2.69. The lowest BCUT2D eigenvalue weighted by Crippen LogP contribution is -2.37. The third-order valence-electron chi connectivity index (χ3n) is 4.25. The maximum Gasteiger partial charge on any atom is 0.325 e. The number of hydrogen-bond acceptors (Lipinski definition) is 5. The second-order valence-electron chi connectivity index (χ2n) is 6.37. The molecule has 0 heterocycles. The van der Waals surface area contributed by atoms with Crippen LogP contribution < -0.4 is 15.4 Å². The van der Waals surface area contributed by atoms with Gasteiger partial charge in [-0.25, -0.2) is 0 Å². The fourth-order valence-corrected chi connectivity index (χ4v) is 2.93. The topological polar surface area (TPSA) is 93.7 Å². The number of halogens is 1. The van der Waals surface area contributed by atoms with E-state index in [0.29, 0.717) is 10.8 Å². The van der Waals surface area contributed by atoms with Crippen molar-refractivity contribution in [2.45, 2.75) is 32.1 Å². The van der Waals surface area contributed by atoms with E-state index in [9.17, 15) is 14.4 Å². The fourth-order valence-electron chi connectivity index (χ4n) is 2.81.